The molecule has 0 atom stereocenters. The van der Waals surface area contributed by atoms with Crippen molar-refractivity contribution in [1.29, 1.82) is 0 Å². The summed E-state index contributed by atoms with van der Waals surface area (Å²) in [5, 5.41) is 0.645. The number of halogens is 1. The van der Waals surface area contributed by atoms with Crippen molar-refractivity contribution in [2.45, 2.75) is 23.8 Å². The fourth-order valence-electron chi connectivity index (χ4n) is 4.43. The van der Waals surface area contributed by atoms with Crippen LogP contribution in [0, 0.1) is 0 Å². The van der Waals surface area contributed by atoms with Crippen molar-refractivity contribution >= 4 is 48.7 Å². The third-order valence-corrected chi connectivity index (χ3v) is 8.61. The maximum atomic E-state index is 13.3. The normalized spacial score (nSPS) is 14.9. The predicted molar refractivity (Wildman–Crippen MR) is 136 cm³/mol. The first-order valence-corrected chi connectivity index (χ1v) is 13.4. The molecule has 1 amide bonds. The monoisotopic (exact) mass is 554 g/mol. The minimum Gasteiger partial charge on any atom is -0.356 e. The van der Waals surface area contributed by atoms with Crippen LogP contribution in [0.25, 0.3) is 11.0 Å². The lowest BCUT2D eigenvalue weighted by Gasteiger charge is -2.37. The van der Waals surface area contributed by atoms with Gasteiger partial charge >= 0.3 is 0 Å². The molecule has 180 valence electrons. The van der Waals surface area contributed by atoms with Crippen molar-refractivity contribution in [3.05, 3.63) is 77.4 Å². The zero-order chi connectivity index (χ0) is 24.6. The summed E-state index contributed by atoms with van der Waals surface area (Å²) in [6, 6.07) is 11.8. The second-order valence-electron chi connectivity index (χ2n) is 8.36. The molecule has 0 aliphatic carbocycles. The highest BCUT2D eigenvalue weighted by atomic mass is 79.9. The summed E-state index contributed by atoms with van der Waals surface area (Å²) in [5.41, 5.74) is 0.935. The van der Waals surface area contributed by atoms with E-state index in [1.165, 1.54) is 16.5 Å². The van der Waals surface area contributed by atoms with Crippen LogP contribution in [-0.4, -0.2) is 64.3 Å². The summed E-state index contributed by atoms with van der Waals surface area (Å²) in [5.74, 6) is 0.645. The first-order valence-electron chi connectivity index (χ1n) is 11.1. The molecule has 1 aliphatic heterocycles. The van der Waals surface area contributed by atoms with Crippen LogP contribution < -0.4 is 4.90 Å². The Bertz CT molecular complexity index is 1470. The second-order valence-corrected chi connectivity index (χ2v) is 11.0. The molecule has 1 saturated heterocycles. The molecule has 1 aliphatic rings. The molecule has 4 heterocycles. The number of fused-ring (bicyclic) bond motifs is 1. The average molecular weight is 555 g/mol. The van der Waals surface area contributed by atoms with E-state index in [9.17, 15) is 13.2 Å². The number of benzene rings is 1. The molecule has 3 aromatic heterocycles. The number of nitrogens with zero attached hydrogens (tertiary/aromatic N) is 6. The van der Waals surface area contributed by atoms with E-state index >= 15 is 0 Å². The molecule has 0 bridgehead atoms. The molecule has 1 aromatic carbocycles. The van der Waals surface area contributed by atoms with Crippen LogP contribution in [0.1, 0.15) is 23.2 Å². The van der Waals surface area contributed by atoms with E-state index in [0.717, 1.165) is 12.8 Å². The lowest BCUT2D eigenvalue weighted by atomic mass is 10.0. The Labute approximate surface area is 211 Å². The molecule has 0 N–H and O–H groups in total. The van der Waals surface area contributed by atoms with Crippen LogP contribution in [0.3, 0.4) is 0 Å². The zero-order valence-corrected chi connectivity index (χ0v) is 21.4. The number of anilines is 1. The Morgan fingerprint density at radius 3 is 2.43 bits per heavy atom. The topological polar surface area (TPSA) is 101 Å². The molecule has 9 nitrogen and oxygen atoms in total. The summed E-state index contributed by atoms with van der Waals surface area (Å²) < 4.78 is 28.3. The highest BCUT2D eigenvalue weighted by Gasteiger charge is 2.29. The fraction of sp³-hybridized carbons (Fsp3) is 0.250. The Morgan fingerprint density at radius 2 is 1.74 bits per heavy atom. The minimum absolute atomic E-state index is 0.0267. The first-order chi connectivity index (χ1) is 16.9. The van der Waals surface area contributed by atoms with Gasteiger partial charge in [0.2, 0.25) is 0 Å². The molecule has 35 heavy (non-hydrogen) atoms. The van der Waals surface area contributed by atoms with E-state index < -0.39 is 10.0 Å². The van der Waals surface area contributed by atoms with Crippen LogP contribution in [-0.2, 0) is 10.0 Å². The lowest BCUT2D eigenvalue weighted by Crippen LogP contribution is -2.46. The van der Waals surface area contributed by atoms with Crippen molar-refractivity contribution in [3.63, 3.8) is 0 Å². The third-order valence-electron chi connectivity index (χ3n) is 6.34. The maximum Gasteiger partial charge on any atom is 0.269 e. The smallest absolute Gasteiger partial charge is 0.269 e. The van der Waals surface area contributed by atoms with Gasteiger partial charge in [0.1, 0.15) is 12.1 Å². The van der Waals surface area contributed by atoms with E-state index in [2.05, 4.69) is 35.8 Å². The number of piperidine rings is 1. The summed E-state index contributed by atoms with van der Waals surface area (Å²) in [7, 11) is -1.99. The van der Waals surface area contributed by atoms with Crippen molar-refractivity contribution in [3.8, 4) is 0 Å². The molecule has 0 spiro atoms. The fourth-order valence-corrected chi connectivity index (χ4v) is 6.47. The number of hydrogen-bond acceptors (Lipinski definition) is 7. The van der Waals surface area contributed by atoms with Crippen molar-refractivity contribution in [1.82, 2.24) is 23.8 Å². The summed E-state index contributed by atoms with van der Waals surface area (Å²) in [6.45, 7) is 1.35. The van der Waals surface area contributed by atoms with Crippen LogP contribution in [0.5, 0.6) is 0 Å². The van der Waals surface area contributed by atoms with Gasteiger partial charge in [0.05, 0.1) is 10.3 Å². The van der Waals surface area contributed by atoms with Gasteiger partial charge in [-0.1, -0.05) is 18.2 Å². The Hall–Kier alpha value is -3.31. The number of rotatable bonds is 5. The average Bonchev–Trinajstić information content (AvgIpc) is 3.26. The number of aromatic nitrogens is 4. The molecular weight excluding hydrogens is 532 g/mol. The Morgan fingerprint density at radius 1 is 1.06 bits per heavy atom. The summed E-state index contributed by atoms with van der Waals surface area (Å²) in [6.07, 6.45) is 7.68. The predicted octanol–water partition coefficient (Wildman–Crippen LogP) is 3.57. The van der Waals surface area contributed by atoms with Crippen molar-refractivity contribution < 1.29 is 13.2 Å². The molecular formula is C24H23BrN6O3S. The highest BCUT2D eigenvalue weighted by molar-refractivity contribution is 9.10. The molecule has 11 heteroatoms. The molecule has 0 saturated carbocycles. The summed E-state index contributed by atoms with van der Waals surface area (Å²) >= 11 is 3.53. The Kier molecular flexibility index (Phi) is 6.28. The molecule has 0 radical (unpaired) electrons. The van der Waals surface area contributed by atoms with E-state index in [1.54, 1.807) is 59.8 Å². The number of hydrogen-bond donors (Lipinski definition) is 0. The quantitative estimate of drug-likeness (QED) is 0.371. The van der Waals surface area contributed by atoms with Gasteiger partial charge in [0.25, 0.3) is 15.9 Å². The van der Waals surface area contributed by atoms with Gasteiger partial charge in [-0.15, -0.1) is 0 Å². The SMILES string of the molecule is CN(C(=O)c1ccncc1)C1CCN(c2ncnc3c2c(Br)cn3S(=O)(=O)c2ccccc2)CC1. The Balaban J connectivity index is 1.40. The maximum absolute atomic E-state index is 13.3. The van der Waals surface area contributed by atoms with E-state index in [4.69, 9.17) is 0 Å². The van der Waals surface area contributed by atoms with Gasteiger partial charge in [0.15, 0.2) is 5.65 Å². The van der Waals surface area contributed by atoms with Gasteiger partial charge in [-0.2, -0.15) is 0 Å². The van der Waals surface area contributed by atoms with Gasteiger partial charge in [-0.25, -0.2) is 22.4 Å². The minimum atomic E-state index is -3.82. The largest absolute Gasteiger partial charge is 0.356 e. The molecule has 1 fully saturated rings. The van der Waals surface area contributed by atoms with Crippen LogP contribution >= 0.6 is 15.9 Å². The molecule has 5 rings (SSSR count). The third kappa shape index (κ3) is 4.30. The number of amides is 1. The number of pyridine rings is 1. The first kappa shape index (κ1) is 23.4. The lowest BCUT2D eigenvalue weighted by molar-refractivity contribution is 0.0709. The molecule has 4 aromatic rings. The van der Waals surface area contributed by atoms with Crippen molar-refractivity contribution in [2.24, 2.45) is 0 Å². The van der Waals surface area contributed by atoms with E-state index in [0.29, 0.717) is 40.0 Å². The van der Waals surface area contributed by atoms with Gasteiger partial charge in [0, 0.05) is 54.8 Å². The van der Waals surface area contributed by atoms with Crippen molar-refractivity contribution in [2.75, 3.05) is 25.0 Å². The summed E-state index contributed by atoms with van der Waals surface area (Å²) in [4.78, 5) is 29.7. The van der Waals surface area contributed by atoms with Gasteiger partial charge in [-0.05, 0) is 53.0 Å². The van der Waals surface area contributed by atoms with Crippen LogP contribution in [0.2, 0.25) is 0 Å². The van der Waals surface area contributed by atoms with Crippen LogP contribution in [0.4, 0.5) is 5.82 Å². The highest BCUT2D eigenvalue weighted by Crippen LogP contribution is 2.35. The molecule has 0 unspecified atom stereocenters. The van der Waals surface area contributed by atoms with Gasteiger partial charge in [-0.3, -0.25) is 9.78 Å². The number of carbonyl (C=O) groups excluding carboxylic acids is 1. The second kappa shape index (κ2) is 9.38. The van der Waals surface area contributed by atoms with Crippen LogP contribution in [0.15, 0.2) is 76.8 Å². The van der Waals surface area contributed by atoms with E-state index in [-0.39, 0.29) is 16.8 Å². The van der Waals surface area contributed by atoms with E-state index in [1.807, 2.05) is 7.05 Å². The van der Waals surface area contributed by atoms with Gasteiger partial charge < -0.3 is 9.80 Å². The zero-order valence-electron chi connectivity index (χ0n) is 19.0. The number of carbonyl (C=O) groups is 1. The standard InChI is InChI=1S/C24H23BrN6O3S/c1-29(24(32)17-7-11-26-12-8-17)18-9-13-30(14-10-18)22-21-20(25)15-31(23(21)28-16-27-22)35(33,34)19-5-3-2-4-6-19/h2-8,11-12,15-16,18H,9-10,13-14H2,1H3.